The Bertz CT molecular complexity index is 4600. The maximum Gasteiger partial charge on any atom is 0.573 e. The first kappa shape index (κ1) is 71.3. The molecule has 2 aliphatic carbocycles. The van der Waals surface area contributed by atoms with Crippen LogP contribution in [0, 0.1) is 0 Å². The molecule has 8 aromatic carbocycles. The number of fused-ring (bicyclic) bond motifs is 2. The number of carbonyl (C=O) groups excluding carboxylic acids is 4. The summed E-state index contributed by atoms with van der Waals surface area (Å²) in [5.74, 6) is -3.80. The zero-order valence-corrected chi connectivity index (χ0v) is 54.6. The second-order valence-electron chi connectivity index (χ2n) is 24.2. The summed E-state index contributed by atoms with van der Waals surface area (Å²) >= 11 is 0. The van der Waals surface area contributed by atoms with Gasteiger partial charge in [0.05, 0.1) is 37.1 Å². The Balaban J connectivity index is 0.000000205. The highest BCUT2D eigenvalue weighted by Crippen LogP contribution is 2.41. The average Bonchev–Trinajstić information content (AvgIpc) is 1.58. The lowest BCUT2D eigenvalue weighted by Gasteiger charge is -2.26. The van der Waals surface area contributed by atoms with E-state index in [1.54, 1.807) is 97.1 Å². The van der Waals surface area contributed by atoms with Gasteiger partial charge in [-0.1, -0.05) is 98.1 Å². The Morgan fingerprint density at radius 3 is 1.36 bits per heavy atom. The third-order valence-electron chi connectivity index (χ3n) is 16.9. The Kier molecular flexibility index (Phi) is 22.6. The van der Waals surface area contributed by atoms with E-state index in [-0.39, 0.29) is 73.3 Å². The minimum Gasteiger partial charge on any atom is -0.481 e. The zero-order valence-electron chi connectivity index (χ0n) is 54.6. The number of benzene rings is 8. The lowest BCUT2D eigenvalue weighted by molar-refractivity contribution is -0.275. The smallest absolute Gasteiger partial charge is 0.481 e. The number of hydrogen-bond acceptors (Lipinski definition) is 12. The predicted octanol–water partition coefficient (Wildman–Crippen LogP) is 17.7. The van der Waals surface area contributed by atoms with Gasteiger partial charge in [-0.15, -0.1) is 26.3 Å². The van der Waals surface area contributed by atoms with Crippen molar-refractivity contribution in [2.45, 2.75) is 102 Å². The van der Waals surface area contributed by atoms with E-state index in [0.717, 1.165) is 56.2 Å². The van der Waals surface area contributed by atoms with Gasteiger partial charge in [0.1, 0.15) is 22.5 Å². The fourth-order valence-electron chi connectivity index (χ4n) is 11.9. The third-order valence-corrected chi connectivity index (χ3v) is 16.9. The number of para-hydroxylation sites is 4. The van der Waals surface area contributed by atoms with Crippen molar-refractivity contribution in [3.63, 3.8) is 0 Å². The van der Waals surface area contributed by atoms with Gasteiger partial charge in [0.15, 0.2) is 11.2 Å². The van der Waals surface area contributed by atoms with Gasteiger partial charge >= 0.3 is 36.7 Å². The molecule has 6 N–H and O–H groups in total. The third kappa shape index (κ3) is 19.3. The average molecular weight is 1400 g/mol. The highest BCUT2D eigenvalue weighted by Gasteiger charge is 2.35. The van der Waals surface area contributed by atoms with E-state index in [1.807, 2.05) is 48.5 Å². The number of hydrogen-bond donors (Lipinski definition) is 6. The van der Waals surface area contributed by atoms with Crippen molar-refractivity contribution in [1.82, 2.24) is 20.6 Å². The van der Waals surface area contributed by atoms with Crippen LogP contribution in [-0.4, -0.2) is 81.8 Å². The Labute approximate surface area is 580 Å². The highest BCUT2D eigenvalue weighted by atomic mass is 19.4. The van der Waals surface area contributed by atoms with E-state index in [9.17, 15) is 55.1 Å². The molecular weight excluding hydrogens is 1330 g/mol. The molecule has 0 atom stereocenters. The monoisotopic (exact) mass is 1400 g/mol. The molecule has 0 spiro atoms. The number of oxazole rings is 2. The number of nitrogens with zero attached hydrogens (tertiary/aromatic N) is 4. The van der Waals surface area contributed by atoms with Gasteiger partial charge in [0.25, 0.3) is 11.8 Å². The lowest BCUT2D eigenvalue weighted by atomic mass is 9.84. The fourth-order valence-corrected chi connectivity index (χ4v) is 11.9. The summed E-state index contributed by atoms with van der Waals surface area (Å²) in [6, 6.07) is 48.1. The van der Waals surface area contributed by atoms with Crippen LogP contribution >= 0.6 is 0 Å². The van der Waals surface area contributed by atoms with Crippen molar-refractivity contribution >= 4 is 86.3 Å². The largest absolute Gasteiger partial charge is 0.573 e. The van der Waals surface area contributed by atoms with Crippen LogP contribution in [0.5, 0.6) is 11.5 Å². The molecule has 12 rings (SSSR count). The Hall–Kier alpha value is -12.0. The van der Waals surface area contributed by atoms with Gasteiger partial charge in [0.2, 0.25) is 11.8 Å². The minimum absolute atomic E-state index is 0.0157. The summed E-state index contributed by atoms with van der Waals surface area (Å²) in [5.41, 5.74) is 8.34. The summed E-state index contributed by atoms with van der Waals surface area (Å²) in [7, 11) is 0. The van der Waals surface area contributed by atoms with Crippen molar-refractivity contribution < 1.29 is 83.6 Å². The van der Waals surface area contributed by atoms with Gasteiger partial charge in [-0.2, -0.15) is 0 Å². The van der Waals surface area contributed by atoms with E-state index < -0.39 is 60.0 Å². The van der Waals surface area contributed by atoms with E-state index in [0.29, 0.717) is 61.7 Å². The number of nitrogens with one attached hydrogen (secondary N) is 4. The first-order chi connectivity index (χ1) is 49.0. The van der Waals surface area contributed by atoms with Crippen LogP contribution in [-0.2, 0) is 22.7 Å². The van der Waals surface area contributed by atoms with Crippen LogP contribution in [0.4, 0.5) is 58.7 Å². The first-order valence-electron chi connectivity index (χ1n) is 32.8. The molecule has 526 valence electrons. The molecule has 102 heavy (non-hydrogen) atoms. The van der Waals surface area contributed by atoms with Crippen LogP contribution in [0.1, 0.15) is 120 Å². The van der Waals surface area contributed by atoms with Crippen molar-refractivity contribution in [1.29, 1.82) is 0 Å². The van der Waals surface area contributed by atoms with Crippen molar-refractivity contribution in [3.8, 4) is 34.4 Å². The van der Waals surface area contributed by atoms with E-state index in [2.05, 4.69) is 46.8 Å². The molecule has 0 bridgehead atoms. The number of urea groups is 2. The molecule has 1 fully saturated rings. The van der Waals surface area contributed by atoms with Crippen molar-refractivity contribution in [2.75, 3.05) is 33.5 Å². The number of amides is 6. The molecule has 20 nitrogen and oxygen atoms in total. The van der Waals surface area contributed by atoms with Crippen LogP contribution in [0.15, 0.2) is 197 Å². The van der Waals surface area contributed by atoms with E-state index >= 15 is 0 Å². The first-order valence-corrected chi connectivity index (χ1v) is 32.8. The predicted molar refractivity (Wildman–Crippen MR) is 370 cm³/mol. The maximum absolute atomic E-state index is 14.0. The second-order valence-corrected chi connectivity index (χ2v) is 24.2. The van der Waals surface area contributed by atoms with E-state index in [4.69, 9.17) is 19.0 Å². The van der Waals surface area contributed by atoms with Crippen molar-refractivity contribution in [2.24, 2.45) is 0 Å². The molecular formula is C76H68F6N8O12. The molecule has 0 aliphatic heterocycles. The standard InChI is InChI=1S/C38H35F3N4O6.C38H33F3N4O6/c2*39-38(40,41)51-32-19-16-28(22-30(32)36-44-31-8-4-5-9-33(31)50-36)43-37(49)45(29-17-14-26(15-18-29)25-6-2-1-3-7-25)23-24-10-12-27(13-11-24)35(48)42-21-20-34(46)47/h4-5,8-19,22,25H,1-3,6-7,20-21,23H2,(H,42,48)(H,43,49)(H,46,47);4-6,8-19,22H,1-3,7,20-21,23H2,(H,42,48)(H,43,49)(H,46,47). The summed E-state index contributed by atoms with van der Waals surface area (Å²) in [6.45, 7) is 0.122. The second kappa shape index (κ2) is 32.4. The van der Waals surface area contributed by atoms with Gasteiger partial charge in [-0.05, 0) is 181 Å². The maximum atomic E-state index is 14.0. The highest BCUT2D eigenvalue weighted by molar-refractivity contribution is 6.03. The number of aromatic nitrogens is 2. The topological polar surface area (TPSA) is 268 Å². The number of halogens is 6. The van der Waals surface area contributed by atoms with Crippen LogP contribution in [0.2, 0.25) is 0 Å². The van der Waals surface area contributed by atoms with Gasteiger partial charge in [0, 0.05) is 47.0 Å². The van der Waals surface area contributed by atoms with Crippen molar-refractivity contribution in [3.05, 3.63) is 221 Å². The van der Waals surface area contributed by atoms with Gasteiger partial charge in [-0.25, -0.2) is 19.6 Å². The van der Waals surface area contributed by atoms with Crippen LogP contribution in [0.3, 0.4) is 0 Å². The van der Waals surface area contributed by atoms with Crippen LogP contribution in [0.25, 0.3) is 50.7 Å². The molecule has 2 aliphatic rings. The number of alkyl halides is 6. The molecule has 0 saturated heterocycles. The molecule has 1 saturated carbocycles. The number of carbonyl (C=O) groups is 6. The normalized spacial score (nSPS) is 13.2. The lowest BCUT2D eigenvalue weighted by Crippen LogP contribution is -2.34. The molecule has 6 amide bonds. The van der Waals surface area contributed by atoms with Gasteiger partial charge < -0.3 is 49.8 Å². The summed E-state index contributed by atoms with van der Waals surface area (Å²) in [4.78, 5) is 86.1. The fraction of sp³-hybridized carbons (Fsp3) is 0.237. The number of ether oxygens (including phenoxy) is 2. The number of aliphatic carboxylic acids is 2. The molecule has 26 heteroatoms. The molecule has 10 aromatic rings. The SMILES string of the molecule is O=C(O)CCNC(=O)c1ccc(CN(C(=O)Nc2ccc(OC(F)(F)F)c(-c3nc4ccccc4o3)c2)c2ccc(C3=CCCCC3)cc2)cc1.O=C(O)CCNC(=O)c1ccc(CN(C(=O)Nc2ccc(OC(F)(F)F)c(-c3nc4ccccc4o3)c2)c2ccc(C3CCCCC3)cc2)cc1. The number of carboxylic acids is 2. The van der Waals surface area contributed by atoms with Crippen LogP contribution < -0.4 is 40.5 Å². The van der Waals surface area contributed by atoms with E-state index in [1.165, 1.54) is 64.5 Å². The zero-order chi connectivity index (χ0) is 71.9. The number of anilines is 4. The molecule has 2 aromatic heterocycles. The Morgan fingerprint density at radius 1 is 0.510 bits per heavy atom. The molecule has 0 radical (unpaired) electrons. The Morgan fingerprint density at radius 2 is 0.951 bits per heavy atom. The van der Waals surface area contributed by atoms with Gasteiger partial charge in [-0.3, -0.25) is 29.0 Å². The summed E-state index contributed by atoms with van der Waals surface area (Å²) in [6.07, 6.45) is 1.85. The molecule has 2 heterocycles. The molecule has 0 unspecified atom stereocenters. The summed E-state index contributed by atoms with van der Waals surface area (Å²) < 4.78 is 100. The number of rotatable bonds is 22. The number of allylic oxidation sites excluding steroid dienone is 2. The summed E-state index contributed by atoms with van der Waals surface area (Å²) in [5, 5.41) is 28.4. The number of carboxylic acid groups (broad SMARTS) is 2. The minimum atomic E-state index is -4.99. The quantitative estimate of drug-likeness (QED) is 0.0345.